The van der Waals surface area contributed by atoms with Crippen molar-refractivity contribution in [2.24, 2.45) is 0 Å². The molecule has 2 saturated heterocycles. The van der Waals surface area contributed by atoms with Crippen molar-refractivity contribution in [1.82, 2.24) is 29.7 Å². The van der Waals surface area contributed by atoms with Crippen molar-refractivity contribution in [3.63, 3.8) is 0 Å². The lowest BCUT2D eigenvalue weighted by Gasteiger charge is -2.46. The Hall–Kier alpha value is -3.27. The molecule has 0 bridgehead atoms. The molecule has 0 aliphatic carbocycles. The minimum atomic E-state index is -0.423. The SMILES string of the molecule is Cc1nn(Cc2cn(C3CCOC4(CCN(C(=O)c5ccc(F)cc5-c5ccc(Cl)c(Cl)c5)CC4)C3)nn2)c(C)c1C. The molecule has 2 aliphatic heterocycles. The summed E-state index contributed by atoms with van der Waals surface area (Å²) in [7, 11) is 0. The molecule has 8 nitrogen and oxygen atoms in total. The molecule has 2 fully saturated rings. The van der Waals surface area contributed by atoms with Gasteiger partial charge in [-0.2, -0.15) is 5.10 Å². The molecular weight excluding hydrogens is 578 g/mol. The largest absolute Gasteiger partial charge is 0.375 e. The lowest BCUT2D eigenvalue weighted by atomic mass is 9.82. The molecule has 1 amide bonds. The van der Waals surface area contributed by atoms with Gasteiger partial charge >= 0.3 is 0 Å². The van der Waals surface area contributed by atoms with Crippen molar-refractivity contribution in [1.29, 1.82) is 0 Å². The van der Waals surface area contributed by atoms with E-state index in [9.17, 15) is 9.18 Å². The van der Waals surface area contributed by atoms with E-state index in [1.807, 2.05) is 27.4 Å². The molecule has 2 aromatic carbocycles. The van der Waals surface area contributed by atoms with Crippen LogP contribution in [-0.2, 0) is 11.3 Å². The van der Waals surface area contributed by atoms with Gasteiger partial charge in [-0.05, 0) is 93.5 Å². The first-order valence-electron chi connectivity index (χ1n) is 14.2. The van der Waals surface area contributed by atoms with E-state index in [1.54, 1.807) is 24.3 Å². The highest BCUT2D eigenvalue weighted by molar-refractivity contribution is 6.42. The summed E-state index contributed by atoms with van der Waals surface area (Å²) in [6.07, 6.45) is 5.11. The smallest absolute Gasteiger partial charge is 0.254 e. The predicted molar refractivity (Wildman–Crippen MR) is 160 cm³/mol. The van der Waals surface area contributed by atoms with E-state index >= 15 is 0 Å². The second-order valence-corrected chi connectivity index (χ2v) is 12.2. The first-order valence-corrected chi connectivity index (χ1v) is 15.0. The fourth-order valence-corrected chi connectivity index (χ4v) is 6.43. The minimum absolute atomic E-state index is 0.140. The van der Waals surface area contributed by atoms with Crippen LogP contribution in [0.15, 0.2) is 42.6 Å². The van der Waals surface area contributed by atoms with Gasteiger partial charge < -0.3 is 9.64 Å². The zero-order chi connectivity index (χ0) is 29.6. The molecule has 11 heteroatoms. The van der Waals surface area contributed by atoms with Crippen LogP contribution >= 0.6 is 23.2 Å². The van der Waals surface area contributed by atoms with Gasteiger partial charge in [0.05, 0.1) is 40.1 Å². The first-order chi connectivity index (χ1) is 20.1. The van der Waals surface area contributed by atoms with E-state index < -0.39 is 5.82 Å². The number of ether oxygens (including phenoxy) is 1. The molecule has 1 atom stereocenters. The summed E-state index contributed by atoms with van der Waals surface area (Å²) < 4.78 is 24.6. The van der Waals surface area contributed by atoms with Crippen molar-refractivity contribution < 1.29 is 13.9 Å². The normalized spacial score (nSPS) is 18.5. The number of rotatable bonds is 5. The number of hydrogen-bond donors (Lipinski definition) is 0. The zero-order valence-electron chi connectivity index (χ0n) is 23.9. The van der Waals surface area contributed by atoms with E-state index in [-0.39, 0.29) is 17.6 Å². The van der Waals surface area contributed by atoms with E-state index in [1.165, 1.54) is 17.7 Å². The van der Waals surface area contributed by atoms with Crippen LogP contribution in [0.2, 0.25) is 10.0 Å². The number of nitrogens with zero attached hydrogens (tertiary/aromatic N) is 6. The van der Waals surface area contributed by atoms with Crippen LogP contribution in [0, 0.1) is 26.6 Å². The molecule has 0 saturated carbocycles. The van der Waals surface area contributed by atoms with Gasteiger partial charge in [-0.1, -0.05) is 34.5 Å². The van der Waals surface area contributed by atoms with Gasteiger partial charge in [0.25, 0.3) is 5.91 Å². The van der Waals surface area contributed by atoms with Gasteiger partial charge in [0.15, 0.2) is 0 Å². The summed E-state index contributed by atoms with van der Waals surface area (Å²) in [5, 5.41) is 14.3. The fraction of sp³-hybridized carbons (Fsp3) is 0.419. The Labute approximate surface area is 254 Å². The van der Waals surface area contributed by atoms with Gasteiger partial charge in [-0.15, -0.1) is 5.10 Å². The fourth-order valence-electron chi connectivity index (χ4n) is 6.13. The Morgan fingerprint density at radius 2 is 1.88 bits per heavy atom. The van der Waals surface area contributed by atoms with Crippen molar-refractivity contribution in [2.75, 3.05) is 19.7 Å². The summed E-state index contributed by atoms with van der Waals surface area (Å²) in [6, 6.07) is 9.45. The number of carbonyl (C=O) groups excluding carboxylic acids is 1. The minimum Gasteiger partial charge on any atom is -0.375 e. The summed E-state index contributed by atoms with van der Waals surface area (Å²) in [6.45, 7) is 8.48. The molecule has 0 radical (unpaired) electrons. The summed E-state index contributed by atoms with van der Waals surface area (Å²) in [4.78, 5) is 15.5. The monoisotopic (exact) mass is 610 g/mol. The Balaban J connectivity index is 1.13. The van der Waals surface area contributed by atoms with Crippen molar-refractivity contribution in [3.05, 3.63) is 86.7 Å². The molecule has 4 aromatic rings. The van der Waals surface area contributed by atoms with Crippen LogP contribution < -0.4 is 0 Å². The number of amides is 1. The molecule has 4 heterocycles. The number of hydrogen-bond acceptors (Lipinski definition) is 5. The highest BCUT2D eigenvalue weighted by Crippen LogP contribution is 2.40. The molecule has 220 valence electrons. The topological polar surface area (TPSA) is 78.1 Å². The number of benzene rings is 2. The lowest BCUT2D eigenvalue weighted by Crippen LogP contribution is -2.51. The molecule has 1 spiro atoms. The molecule has 0 N–H and O–H groups in total. The maximum Gasteiger partial charge on any atom is 0.254 e. The second-order valence-electron chi connectivity index (χ2n) is 11.4. The van der Waals surface area contributed by atoms with Crippen LogP contribution in [0.25, 0.3) is 11.1 Å². The second kappa shape index (κ2) is 11.4. The number of halogens is 3. The van der Waals surface area contributed by atoms with Gasteiger partial charge in [0, 0.05) is 31.0 Å². The number of piperidine rings is 1. The average molecular weight is 612 g/mol. The summed E-state index contributed by atoms with van der Waals surface area (Å²) in [5.41, 5.74) is 5.47. The molecule has 1 unspecified atom stereocenters. The quantitative estimate of drug-likeness (QED) is 0.255. The molecular formula is C31H33Cl2FN6O2. The number of likely N-dealkylation sites (tertiary alicyclic amines) is 1. The van der Waals surface area contributed by atoms with Gasteiger partial charge in [-0.3, -0.25) is 9.48 Å². The highest BCUT2D eigenvalue weighted by atomic mass is 35.5. The van der Waals surface area contributed by atoms with E-state index in [2.05, 4.69) is 29.3 Å². The van der Waals surface area contributed by atoms with Crippen LogP contribution in [-0.4, -0.2) is 60.9 Å². The Bertz CT molecular complexity index is 1640. The van der Waals surface area contributed by atoms with Gasteiger partial charge in [0.1, 0.15) is 11.5 Å². The third-order valence-electron chi connectivity index (χ3n) is 8.86. The first kappa shape index (κ1) is 28.8. The molecule has 2 aromatic heterocycles. The van der Waals surface area contributed by atoms with Crippen molar-refractivity contribution in [2.45, 2.75) is 64.6 Å². The van der Waals surface area contributed by atoms with Gasteiger partial charge in [0.2, 0.25) is 0 Å². The Morgan fingerprint density at radius 3 is 2.60 bits per heavy atom. The molecule has 2 aliphatic rings. The van der Waals surface area contributed by atoms with Crippen LogP contribution in [0.4, 0.5) is 4.39 Å². The average Bonchev–Trinajstić information content (AvgIpc) is 3.55. The van der Waals surface area contributed by atoms with Gasteiger partial charge in [-0.25, -0.2) is 9.07 Å². The van der Waals surface area contributed by atoms with Crippen LogP contribution in [0.3, 0.4) is 0 Å². The molecule has 42 heavy (non-hydrogen) atoms. The number of carbonyl (C=O) groups is 1. The number of aromatic nitrogens is 5. The predicted octanol–water partition coefficient (Wildman–Crippen LogP) is 6.59. The van der Waals surface area contributed by atoms with Crippen molar-refractivity contribution >= 4 is 29.1 Å². The van der Waals surface area contributed by atoms with E-state index in [0.29, 0.717) is 65.8 Å². The summed E-state index contributed by atoms with van der Waals surface area (Å²) in [5.74, 6) is -0.563. The van der Waals surface area contributed by atoms with E-state index in [0.717, 1.165) is 29.9 Å². The maximum absolute atomic E-state index is 14.3. The van der Waals surface area contributed by atoms with Crippen LogP contribution in [0.1, 0.15) is 64.7 Å². The standard InChI is InChI=1S/C31H33Cl2FN6O2/c1-19-20(2)36-39(21(19)3)17-24-18-40(37-35-24)25-8-13-42-31(16-25)9-11-38(12-10-31)30(41)26-6-5-23(34)15-27(26)22-4-7-28(32)29(33)14-22/h4-7,14-15,18,25H,8-13,16-17H2,1-3H3. The van der Waals surface area contributed by atoms with Crippen LogP contribution in [0.5, 0.6) is 0 Å². The van der Waals surface area contributed by atoms with Crippen molar-refractivity contribution in [3.8, 4) is 11.1 Å². The third-order valence-corrected chi connectivity index (χ3v) is 9.60. The lowest BCUT2D eigenvalue weighted by molar-refractivity contribution is -0.122. The molecule has 6 rings (SSSR count). The maximum atomic E-state index is 14.3. The number of aryl methyl sites for hydroxylation is 1. The summed E-state index contributed by atoms with van der Waals surface area (Å²) >= 11 is 12.3. The Morgan fingerprint density at radius 1 is 1.10 bits per heavy atom. The Kier molecular flexibility index (Phi) is 7.85. The third kappa shape index (κ3) is 5.57. The van der Waals surface area contributed by atoms with E-state index in [4.69, 9.17) is 27.9 Å². The zero-order valence-corrected chi connectivity index (χ0v) is 25.4. The highest BCUT2D eigenvalue weighted by Gasteiger charge is 2.42.